The predicted octanol–water partition coefficient (Wildman–Crippen LogP) is 2.09. The van der Waals surface area contributed by atoms with Crippen LogP contribution in [0.25, 0.3) is 0 Å². The van der Waals surface area contributed by atoms with E-state index in [0.717, 1.165) is 63.4 Å². The van der Waals surface area contributed by atoms with Crippen LogP contribution in [0.3, 0.4) is 0 Å². The van der Waals surface area contributed by atoms with Crippen LogP contribution in [0.4, 0.5) is 0 Å². The Kier molecular flexibility index (Phi) is 11.2. The molecule has 1 aromatic rings. The van der Waals surface area contributed by atoms with Gasteiger partial charge in [0.15, 0.2) is 0 Å². The van der Waals surface area contributed by atoms with Crippen LogP contribution < -0.4 is 15.4 Å². The molecule has 0 bridgehead atoms. The van der Waals surface area contributed by atoms with Crippen LogP contribution >= 0.6 is 24.8 Å². The summed E-state index contributed by atoms with van der Waals surface area (Å²) in [7, 11) is 1.70. The van der Waals surface area contributed by atoms with Crippen molar-refractivity contribution in [2.45, 2.75) is 31.8 Å². The minimum atomic E-state index is 0. The van der Waals surface area contributed by atoms with Crippen molar-refractivity contribution in [3.8, 4) is 5.75 Å². The summed E-state index contributed by atoms with van der Waals surface area (Å²) in [5.41, 5.74) is 1.14. The molecule has 2 heterocycles. The van der Waals surface area contributed by atoms with Gasteiger partial charge in [-0.3, -0.25) is 9.69 Å². The number of carbonyl (C=O) groups is 1. The molecule has 2 aliphatic heterocycles. The second-order valence-electron chi connectivity index (χ2n) is 7.21. The van der Waals surface area contributed by atoms with Crippen molar-refractivity contribution < 1.29 is 9.53 Å². The summed E-state index contributed by atoms with van der Waals surface area (Å²) in [4.78, 5) is 17.4. The summed E-state index contributed by atoms with van der Waals surface area (Å²) in [6.45, 7) is 8.51. The van der Waals surface area contributed by atoms with Gasteiger partial charge in [-0.15, -0.1) is 24.8 Å². The molecule has 1 amide bonds. The largest absolute Gasteiger partial charge is 0.496 e. The number of nitrogens with zero attached hydrogens (tertiary/aromatic N) is 2. The third-order valence-corrected chi connectivity index (χ3v) is 5.60. The Morgan fingerprint density at radius 1 is 1.21 bits per heavy atom. The summed E-state index contributed by atoms with van der Waals surface area (Å²) in [6.07, 6.45) is 2.11. The number of nitrogens with one attached hydrogen (secondary N) is 2. The first-order valence-corrected chi connectivity index (χ1v) is 9.80. The fourth-order valence-electron chi connectivity index (χ4n) is 4.04. The predicted molar refractivity (Wildman–Crippen MR) is 118 cm³/mol. The molecular weight excluding hydrogens is 399 g/mol. The number of hydrogen-bond acceptors (Lipinski definition) is 5. The minimum Gasteiger partial charge on any atom is -0.496 e. The van der Waals surface area contributed by atoms with Gasteiger partial charge in [0.1, 0.15) is 5.75 Å². The van der Waals surface area contributed by atoms with Crippen molar-refractivity contribution in [3.05, 3.63) is 29.8 Å². The Labute approximate surface area is 181 Å². The standard InChI is InChI=1S/C20H32N4O2.2ClH/c1-3-23-11-8-16(9-12-23)22-20(25)15-24-13-10-21-14-18(24)17-6-4-5-7-19(17)26-2;;/h4-7,16,18,21H,3,8-15H2,1-2H3,(H,22,25);2*1H. The molecule has 1 unspecified atom stereocenters. The molecule has 2 N–H and O–H groups in total. The molecule has 2 fully saturated rings. The number of benzene rings is 1. The molecule has 1 atom stereocenters. The first-order valence-electron chi connectivity index (χ1n) is 9.80. The maximum absolute atomic E-state index is 12.6. The average molecular weight is 433 g/mol. The minimum absolute atomic E-state index is 0. The van der Waals surface area contributed by atoms with Crippen molar-refractivity contribution in [1.29, 1.82) is 0 Å². The Morgan fingerprint density at radius 2 is 1.93 bits per heavy atom. The van der Waals surface area contributed by atoms with E-state index in [9.17, 15) is 4.79 Å². The van der Waals surface area contributed by atoms with Crippen LogP contribution in [0.5, 0.6) is 5.75 Å². The molecular formula is C20H34Cl2N4O2. The van der Waals surface area contributed by atoms with Crippen LogP contribution in [0.2, 0.25) is 0 Å². The fourth-order valence-corrected chi connectivity index (χ4v) is 4.04. The summed E-state index contributed by atoms with van der Waals surface area (Å²) in [5.74, 6) is 1.03. The van der Waals surface area contributed by atoms with Crippen molar-refractivity contribution in [2.24, 2.45) is 0 Å². The molecule has 2 saturated heterocycles. The molecule has 1 aromatic carbocycles. The number of para-hydroxylation sites is 1. The van der Waals surface area contributed by atoms with Crippen LogP contribution in [0.15, 0.2) is 24.3 Å². The number of likely N-dealkylation sites (tertiary alicyclic amines) is 1. The zero-order valence-electron chi connectivity index (χ0n) is 16.9. The number of hydrogen-bond donors (Lipinski definition) is 2. The molecule has 0 spiro atoms. The Morgan fingerprint density at radius 3 is 2.61 bits per heavy atom. The van der Waals surface area contributed by atoms with Crippen molar-refractivity contribution in [1.82, 2.24) is 20.4 Å². The Hall–Kier alpha value is -1.05. The van der Waals surface area contributed by atoms with Gasteiger partial charge in [0.25, 0.3) is 0 Å². The van der Waals surface area contributed by atoms with Crippen LogP contribution in [0.1, 0.15) is 31.4 Å². The third kappa shape index (κ3) is 6.49. The molecule has 0 aromatic heterocycles. The molecule has 0 radical (unpaired) electrons. The number of piperazine rings is 1. The molecule has 8 heteroatoms. The average Bonchev–Trinajstić information content (AvgIpc) is 2.69. The lowest BCUT2D eigenvalue weighted by atomic mass is 10.0. The van der Waals surface area contributed by atoms with E-state index in [4.69, 9.17) is 4.74 Å². The zero-order valence-corrected chi connectivity index (χ0v) is 18.5. The summed E-state index contributed by atoms with van der Waals surface area (Å²) in [6, 6.07) is 8.58. The van der Waals surface area contributed by atoms with Gasteiger partial charge in [-0.05, 0) is 25.5 Å². The summed E-state index contributed by atoms with van der Waals surface area (Å²) in [5, 5.41) is 6.70. The Bertz CT molecular complexity index is 597. The van der Waals surface area contributed by atoms with E-state index in [1.807, 2.05) is 18.2 Å². The van der Waals surface area contributed by atoms with Crippen molar-refractivity contribution >= 4 is 30.7 Å². The number of rotatable bonds is 6. The zero-order chi connectivity index (χ0) is 18.4. The van der Waals surface area contributed by atoms with E-state index in [0.29, 0.717) is 12.6 Å². The molecule has 3 rings (SSSR count). The second-order valence-corrected chi connectivity index (χ2v) is 7.21. The fraction of sp³-hybridized carbons (Fsp3) is 0.650. The summed E-state index contributed by atoms with van der Waals surface area (Å²) < 4.78 is 5.53. The quantitative estimate of drug-likeness (QED) is 0.720. The lowest BCUT2D eigenvalue weighted by Gasteiger charge is -2.37. The lowest BCUT2D eigenvalue weighted by Crippen LogP contribution is -2.52. The molecule has 6 nitrogen and oxygen atoms in total. The molecule has 160 valence electrons. The van der Waals surface area contributed by atoms with E-state index in [1.54, 1.807) is 7.11 Å². The van der Waals surface area contributed by atoms with Gasteiger partial charge in [-0.1, -0.05) is 25.1 Å². The molecule has 0 aliphatic carbocycles. The highest BCUT2D eigenvalue weighted by atomic mass is 35.5. The first-order chi connectivity index (χ1) is 12.7. The lowest BCUT2D eigenvalue weighted by molar-refractivity contribution is -0.124. The van der Waals surface area contributed by atoms with Gasteiger partial charge in [-0.25, -0.2) is 0 Å². The van der Waals surface area contributed by atoms with Crippen LogP contribution in [-0.2, 0) is 4.79 Å². The number of methoxy groups -OCH3 is 1. The van der Waals surface area contributed by atoms with E-state index in [-0.39, 0.29) is 36.8 Å². The number of ether oxygens (including phenoxy) is 1. The normalized spacial score (nSPS) is 21.3. The molecule has 28 heavy (non-hydrogen) atoms. The third-order valence-electron chi connectivity index (χ3n) is 5.60. The van der Waals surface area contributed by atoms with Gasteiger partial charge < -0.3 is 20.3 Å². The van der Waals surface area contributed by atoms with Gasteiger partial charge in [0.05, 0.1) is 19.7 Å². The highest BCUT2D eigenvalue weighted by molar-refractivity contribution is 5.85. The van der Waals surface area contributed by atoms with Crippen LogP contribution in [0, 0.1) is 0 Å². The second kappa shape index (κ2) is 12.5. The smallest absolute Gasteiger partial charge is 0.234 e. The van der Waals surface area contributed by atoms with E-state index >= 15 is 0 Å². The maximum Gasteiger partial charge on any atom is 0.234 e. The van der Waals surface area contributed by atoms with Gasteiger partial charge in [0.2, 0.25) is 5.91 Å². The van der Waals surface area contributed by atoms with Gasteiger partial charge in [-0.2, -0.15) is 0 Å². The highest BCUT2D eigenvalue weighted by Crippen LogP contribution is 2.29. The first kappa shape index (κ1) is 25.0. The SMILES string of the molecule is CCN1CCC(NC(=O)CN2CCNCC2c2ccccc2OC)CC1.Cl.Cl. The number of carbonyl (C=O) groups excluding carboxylic acids is 1. The molecule has 2 aliphatic rings. The topological polar surface area (TPSA) is 56.8 Å². The van der Waals surface area contributed by atoms with Gasteiger partial charge in [0, 0.05) is 44.3 Å². The van der Waals surface area contributed by atoms with Gasteiger partial charge >= 0.3 is 0 Å². The number of piperidine rings is 1. The van der Waals surface area contributed by atoms with E-state index in [2.05, 4.69) is 33.4 Å². The monoisotopic (exact) mass is 432 g/mol. The number of amides is 1. The maximum atomic E-state index is 12.6. The molecule has 0 saturated carbocycles. The number of halogens is 2. The van der Waals surface area contributed by atoms with Crippen LogP contribution in [-0.4, -0.2) is 74.7 Å². The highest BCUT2D eigenvalue weighted by Gasteiger charge is 2.28. The van der Waals surface area contributed by atoms with E-state index in [1.165, 1.54) is 0 Å². The Balaban J connectivity index is 0.00000196. The van der Waals surface area contributed by atoms with Crippen molar-refractivity contribution in [2.75, 3.05) is 52.9 Å². The summed E-state index contributed by atoms with van der Waals surface area (Å²) >= 11 is 0. The van der Waals surface area contributed by atoms with Crippen molar-refractivity contribution in [3.63, 3.8) is 0 Å². The van der Waals surface area contributed by atoms with E-state index < -0.39 is 0 Å².